The number of alkyl halides is 3. The van der Waals surface area contributed by atoms with Crippen molar-refractivity contribution in [2.75, 3.05) is 5.73 Å². The summed E-state index contributed by atoms with van der Waals surface area (Å²) in [6.07, 6.45) is -4.58. The van der Waals surface area contributed by atoms with E-state index in [2.05, 4.69) is 4.98 Å². The molecule has 0 fully saturated rings. The van der Waals surface area contributed by atoms with Crippen molar-refractivity contribution in [2.45, 2.75) is 6.18 Å². The van der Waals surface area contributed by atoms with Gasteiger partial charge in [-0.15, -0.1) is 0 Å². The van der Waals surface area contributed by atoms with Crippen LogP contribution in [-0.2, 0) is 6.18 Å². The Morgan fingerprint density at radius 3 is 2.25 bits per heavy atom. The van der Waals surface area contributed by atoms with E-state index in [1.54, 1.807) is 0 Å². The molecule has 0 saturated carbocycles. The Morgan fingerprint density at radius 2 is 1.83 bits per heavy atom. The third-order valence-corrected chi connectivity index (χ3v) is 1.20. The van der Waals surface area contributed by atoms with E-state index in [9.17, 15) is 17.6 Å². The average molecular weight is 180 g/mol. The Morgan fingerprint density at radius 1 is 1.25 bits per heavy atom. The molecule has 0 saturated heterocycles. The summed E-state index contributed by atoms with van der Waals surface area (Å²) in [6.45, 7) is 0. The highest BCUT2D eigenvalue weighted by Crippen LogP contribution is 2.32. The van der Waals surface area contributed by atoms with Crippen molar-refractivity contribution in [3.63, 3.8) is 0 Å². The van der Waals surface area contributed by atoms with Gasteiger partial charge in [0, 0.05) is 0 Å². The van der Waals surface area contributed by atoms with Crippen LogP contribution in [-0.4, -0.2) is 4.98 Å². The van der Waals surface area contributed by atoms with Crippen LogP contribution < -0.4 is 5.73 Å². The molecular weight excluding hydrogens is 176 g/mol. The second-order valence-electron chi connectivity index (χ2n) is 2.06. The van der Waals surface area contributed by atoms with Gasteiger partial charge < -0.3 is 5.73 Å². The molecule has 0 aromatic carbocycles. The molecule has 6 heteroatoms. The Kier molecular flexibility index (Phi) is 1.91. The molecule has 0 unspecified atom stereocenters. The first-order valence-corrected chi connectivity index (χ1v) is 2.90. The molecule has 0 bridgehead atoms. The van der Waals surface area contributed by atoms with Crippen LogP contribution >= 0.6 is 0 Å². The van der Waals surface area contributed by atoms with Crippen molar-refractivity contribution in [1.29, 1.82) is 0 Å². The molecular formula is C6H4F4N2. The Balaban J connectivity index is 3.19. The fourth-order valence-electron chi connectivity index (χ4n) is 0.690. The zero-order chi connectivity index (χ0) is 9.35. The van der Waals surface area contributed by atoms with Gasteiger partial charge >= 0.3 is 6.18 Å². The van der Waals surface area contributed by atoms with Crippen molar-refractivity contribution in [2.24, 2.45) is 0 Å². The van der Waals surface area contributed by atoms with Gasteiger partial charge in [0.05, 0.1) is 5.56 Å². The highest BCUT2D eigenvalue weighted by molar-refractivity contribution is 5.40. The van der Waals surface area contributed by atoms with Crippen molar-refractivity contribution in [1.82, 2.24) is 4.98 Å². The zero-order valence-corrected chi connectivity index (χ0v) is 5.69. The van der Waals surface area contributed by atoms with Gasteiger partial charge in [-0.3, -0.25) is 0 Å². The maximum absolute atomic E-state index is 12.2. The number of rotatable bonds is 0. The summed E-state index contributed by atoms with van der Waals surface area (Å²) in [5.41, 5.74) is 3.72. The molecule has 0 aliphatic carbocycles. The van der Waals surface area contributed by atoms with Crippen molar-refractivity contribution in [3.8, 4) is 0 Å². The first kappa shape index (κ1) is 8.76. The Hall–Kier alpha value is -1.33. The third-order valence-electron chi connectivity index (χ3n) is 1.20. The van der Waals surface area contributed by atoms with E-state index in [1.165, 1.54) is 0 Å². The monoisotopic (exact) mass is 180 g/mol. The number of aromatic nitrogens is 1. The van der Waals surface area contributed by atoms with Gasteiger partial charge in [-0.2, -0.15) is 17.6 Å². The first-order chi connectivity index (χ1) is 5.41. The number of halogens is 4. The number of nitrogens with two attached hydrogens (primary N) is 1. The van der Waals surface area contributed by atoms with Gasteiger partial charge in [-0.1, -0.05) is 0 Å². The number of hydrogen-bond acceptors (Lipinski definition) is 2. The van der Waals surface area contributed by atoms with E-state index >= 15 is 0 Å². The molecule has 2 N–H and O–H groups in total. The SMILES string of the molecule is Nc1nc(F)ccc1C(F)(F)F. The van der Waals surface area contributed by atoms with Crippen LogP contribution in [0.2, 0.25) is 0 Å². The summed E-state index contributed by atoms with van der Waals surface area (Å²) >= 11 is 0. The molecule has 0 spiro atoms. The molecule has 1 heterocycles. The predicted octanol–water partition coefficient (Wildman–Crippen LogP) is 1.82. The molecule has 1 rings (SSSR count). The molecule has 0 aliphatic heterocycles. The number of anilines is 1. The van der Waals surface area contributed by atoms with Gasteiger partial charge in [-0.25, -0.2) is 4.98 Å². The maximum atomic E-state index is 12.2. The molecule has 0 amide bonds. The molecule has 1 aromatic rings. The largest absolute Gasteiger partial charge is 0.419 e. The predicted molar refractivity (Wildman–Crippen MR) is 33.6 cm³/mol. The minimum atomic E-state index is -4.58. The van der Waals surface area contributed by atoms with Crippen LogP contribution in [0.4, 0.5) is 23.4 Å². The second kappa shape index (κ2) is 2.62. The van der Waals surface area contributed by atoms with Crippen molar-refractivity contribution >= 4 is 5.82 Å². The van der Waals surface area contributed by atoms with E-state index in [1.807, 2.05) is 0 Å². The summed E-state index contributed by atoms with van der Waals surface area (Å²) in [6, 6.07) is 1.16. The number of nitrogen functional groups attached to an aromatic ring is 1. The molecule has 0 radical (unpaired) electrons. The standard InChI is InChI=1S/C6H4F4N2/c7-4-2-1-3(5(11)12-4)6(8,9)10/h1-2H,(H2,11,12). The Labute approximate surface area is 65.0 Å². The topological polar surface area (TPSA) is 38.9 Å². The van der Waals surface area contributed by atoms with Gasteiger partial charge in [-0.05, 0) is 12.1 Å². The quantitative estimate of drug-likeness (QED) is 0.488. The van der Waals surface area contributed by atoms with Gasteiger partial charge in [0.15, 0.2) is 0 Å². The summed E-state index contributed by atoms with van der Waals surface area (Å²) in [4.78, 5) is 2.83. The smallest absolute Gasteiger partial charge is 0.383 e. The lowest BCUT2D eigenvalue weighted by Gasteiger charge is -2.07. The van der Waals surface area contributed by atoms with Crippen molar-refractivity contribution in [3.05, 3.63) is 23.6 Å². The summed E-state index contributed by atoms with van der Waals surface area (Å²) in [7, 11) is 0. The lowest BCUT2D eigenvalue weighted by molar-refractivity contribution is -0.137. The van der Waals surface area contributed by atoms with E-state index in [4.69, 9.17) is 5.73 Å². The fourth-order valence-corrected chi connectivity index (χ4v) is 0.690. The molecule has 0 aliphatic rings. The summed E-state index contributed by atoms with van der Waals surface area (Å²) in [5, 5.41) is 0. The van der Waals surface area contributed by atoms with Gasteiger partial charge in [0.1, 0.15) is 5.82 Å². The van der Waals surface area contributed by atoms with Gasteiger partial charge in [0.2, 0.25) is 5.95 Å². The summed E-state index contributed by atoms with van der Waals surface area (Å²) < 4.78 is 48.0. The first-order valence-electron chi connectivity index (χ1n) is 2.90. The maximum Gasteiger partial charge on any atom is 0.419 e. The highest BCUT2D eigenvalue weighted by atomic mass is 19.4. The lowest BCUT2D eigenvalue weighted by Crippen LogP contribution is -2.10. The molecule has 2 nitrogen and oxygen atoms in total. The van der Waals surface area contributed by atoms with Crippen LogP contribution in [0.15, 0.2) is 12.1 Å². The normalized spacial score (nSPS) is 11.7. The fraction of sp³-hybridized carbons (Fsp3) is 0.167. The van der Waals surface area contributed by atoms with Crippen LogP contribution in [0.5, 0.6) is 0 Å². The number of hydrogen-bond donors (Lipinski definition) is 1. The number of pyridine rings is 1. The summed E-state index contributed by atoms with van der Waals surface area (Å²) in [5.74, 6) is -1.87. The van der Waals surface area contributed by atoms with Crippen LogP contribution in [0, 0.1) is 5.95 Å². The zero-order valence-electron chi connectivity index (χ0n) is 5.69. The molecule has 12 heavy (non-hydrogen) atoms. The highest BCUT2D eigenvalue weighted by Gasteiger charge is 2.33. The molecule has 0 atom stereocenters. The number of nitrogens with zero attached hydrogens (tertiary/aromatic N) is 1. The minimum absolute atomic E-state index is 0.553. The Bertz CT molecular complexity index is 294. The van der Waals surface area contributed by atoms with E-state index in [-0.39, 0.29) is 0 Å². The molecule has 1 aromatic heterocycles. The van der Waals surface area contributed by atoms with Gasteiger partial charge in [0.25, 0.3) is 0 Å². The minimum Gasteiger partial charge on any atom is -0.383 e. The van der Waals surface area contributed by atoms with E-state index < -0.39 is 23.5 Å². The van der Waals surface area contributed by atoms with Crippen LogP contribution in [0.3, 0.4) is 0 Å². The average Bonchev–Trinajstić information content (AvgIpc) is 1.83. The third kappa shape index (κ3) is 1.63. The lowest BCUT2D eigenvalue weighted by atomic mass is 10.2. The van der Waals surface area contributed by atoms with Crippen LogP contribution in [0.25, 0.3) is 0 Å². The van der Waals surface area contributed by atoms with E-state index in [0.29, 0.717) is 12.1 Å². The van der Waals surface area contributed by atoms with Crippen molar-refractivity contribution < 1.29 is 17.6 Å². The van der Waals surface area contributed by atoms with E-state index in [0.717, 1.165) is 0 Å². The second-order valence-corrected chi connectivity index (χ2v) is 2.06. The molecule has 66 valence electrons. The van der Waals surface area contributed by atoms with Crippen LogP contribution in [0.1, 0.15) is 5.56 Å².